The van der Waals surface area contributed by atoms with E-state index < -0.39 is 40.5 Å². The van der Waals surface area contributed by atoms with Gasteiger partial charge >= 0.3 is 12.2 Å². The Balaban J connectivity index is 3.09. The first kappa shape index (κ1) is 20.8. The summed E-state index contributed by atoms with van der Waals surface area (Å²) in [4.78, 5) is 23.0. The molecule has 0 heterocycles. The number of benzene rings is 1. The average molecular weight is 361 g/mol. The number of hydrogen-bond acceptors (Lipinski definition) is 3. The van der Waals surface area contributed by atoms with Crippen LogP contribution in [-0.4, -0.2) is 28.2 Å². The number of aliphatic hydroxyl groups is 1. The molecule has 0 saturated carbocycles. The molecule has 4 N–H and O–H groups in total. The van der Waals surface area contributed by atoms with E-state index in [-0.39, 0.29) is 5.69 Å². The topological polar surface area (TPSA) is 90.5 Å². The number of rotatable bonds is 4. The zero-order chi connectivity index (χ0) is 19.6. The first-order valence-corrected chi connectivity index (χ1v) is 7.44. The average Bonchev–Trinajstić information content (AvgIpc) is 2.36. The summed E-state index contributed by atoms with van der Waals surface area (Å²) in [5.74, 6) is -0.515. The quantitative estimate of drug-likeness (QED) is 0.663. The molecule has 0 saturated heterocycles. The number of halogens is 3. The minimum atomic E-state index is -4.73. The highest BCUT2D eigenvalue weighted by Gasteiger charge is 2.38. The number of nitrogens with one attached hydrogen (secondary N) is 3. The maximum absolute atomic E-state index is 13.2. The second-order valence-corrected chi connectivity index (χ2v) is 6.70. The van der Waals surface area contributed by atoms with Crippen LogP contribution in [0.15, 0.2) is 18.2 Å². The van der Waals surface area contributed by atoms with Gasteiger partial charge in [0.05, 0.1) is 22.4 Å². The molecule has 25 heavy (non-hydrogen) atoms. The van der Waals surface area contributed by atoms with Gasteiger partial charge in [0.25, 0.3) is 0 Å². The fourth-order valence-electron chi connectivity index (χ4n) is 1.76. The molecule has 9 heteroatoms. The van der Waals surface area contributed by atoms with Gasteiger partial charge in [0.1, 0.15) is 0 Å². The summed E-state index contributed by atoms with van der Waals surface area (Å²) in [5, 5.41) is 16.8. The first-order chi connectivity index (χ1) is 11.1. The molecular weight excluding hydrogens is 339 g/mol. The van der Waals surface area contributed by atoms with Gasteiger partial charge in [-0.1, -0.05) is 0 Å². The lowest BCUT2D eigenvalue weighted by atomic mass is 9.86. The number of carbonyl (C=O) groups is 2. The molecule has 0 aliphatic rings. The molecule has 0 unspecified atom stereocenters. The highest BCUT2D eigenvalue weighted by molar-refractivity contribution is 5.92. The molecule has 0 radical (unpaired) electrons. The minimum Gasteiger partial charge on any atom is -0.388 e. The van der Waals surface area contributed by atoms with Crippen molar-refractivity contribution in [2.75, 3.05) is 10.6 Å². The van der Waals surface area contributed by atoms with E-state index in [4.69, 9.17) is 0 Å². The van der Waals surface area contributed by atoms with E-state index in [1.807, 2.05) is 0 Å². The van der Waals surface area contributed by atoms with E-state index in [2.05, 4.69) is 16.0 Å². The SMILES string of the molecule is CC(=O)Nc1ccc(NC(=O)NC(C)(C)C(C)(C)O)c(C(F)(F)F)c1. The maximum atomic E-state index is 13.2. The number of urea groups is 1. The predicted octanol–water partition coefficient (Wildman–Crippen LogP) is 3.33. The highest BCUT2D eigenvalue weighted by atomic mass is 19.4. The predicted molar refractivity (Wildman–Crippen MR) is 88.3 cm³/mol. The number of amides is 3. The largest absolute Gasteiger partial charge is 0.418 e. The van der Waals surface area contributed by atoms with Gasteiger partial charge in [0, 0.05) is 12.6 Å². The van der Waals surface area contributed by atoms with E-state index in [0.717, 1.165) is 12.1 Å². The summed E-state index contributed by atoms with van der Waals surface area (Å²) >= 11 is 0. The van der Waals surface area contributed by atoms with Crippen LogP contribution in [0.4, 0.5) is 29.3 Å². The molecule has 6 nitrogen and oxygen atoms in total. The van der Waals surface area contributed by atoms with Crippen molar-refractivity contribution >= 4 is 23.3 Å². The van der Waals surface area contributed by atoms with E-state index in [9.17, 15) is 27.9 Å². The van der Waals surface area contributed by atoms with Crippen LogP contribution in [0.1, 0.15) is 40.2 Å². The van der Waals surface area contributed by atoms with Gasteiger partial charge < -0.3 is 21.1 Å². The van der Waals surface area contributed by atoms with Crippen LogP contribution in [0.3, 0.4) is 0 Å². The Kier molecular flexibility index (Phi) is 5.74. The Hall–Kier alpha value is -2.29. The second kappa shape index (κ2) is 6.91. The smallest absolute Gasteiger partial charge is 0.388 e. The summed E-state index contributed by atoms with van der Waals surface area (Å²) in [6, 6.07) is 2.13. The van der Waals surface area contributed by atoms with Gasteiger partial charge in [-0.15, -0.1) is 0 Å². The van der Waals surface area contributed by atoms with Gasteiger partial charge in [-0.05, 0) is 45.9 Å². The summed E-state index contributed by atoms with van der Waals surface area (Å²) in [7, 11) is 0. The molecule has 0 bridgehead atoms. The van der Waals surface area contributed by atoms with Gasteiger partial charge in [-0.2, -0.15) is 13.2 Å². The monoisotopic (exact) mass is 361 g/mol. The fraction of sp³-hybridized carbons (Fsp3) is 0.500. The maximum Gasteiger partial charge on any atom is 0.418 e. The van der Waals surface area contributed by atoms with Crippen molar-refractivity contribution in [3.63, 3.8) is 0 Å². The molecule has 0 aromatic heterocycles. The summed E-state index contributed by atoms with van der Waals surface area (Å²) in [5.41, 5.74) is -4.00. The third-order valence-corrected chi connectivity index (χ3v) is 3.85. The van der Waals surface area contributed by atoms with Crippen molar-refractivity contribution in [2.24, 2.45) is 0 Å². The van der Waals surface area contributed by atoms with Crippen molar-refractivity contribution in [3.8, 4) is 0 Å². The van der Waals surface area contributed by atoms with E-state index in [0.29, 0.717) is 0 Å². The Labute approximate surface area is 143 Å². The molecule has 140 valence electrons. The fourth-order valence-corrected chi connectivity index (χ4v) is 1.76. The van der Waals surface area contributed by atoms with Crippen LogP contribution in [0.5, 0.6) is 0 Å². The van der Waals surface area contributed by atoms with Crippen molar-refractivity contribution < 1.29 is 27.9 Å². The molecular formula is C16H22F3N3O3. The molecule has 1 aromatic carbocycles. The van der Waals surface area contributed by atoms with Crippen molar-refractivity contribution in [3.05, 3.63) is 23.8 Å². The van der Waals surface area contributed by atoms with E-state index >= 15 is 0 Å². The lowest BCUT2D eigenvalue weighted by molar-refractivity contribution is -0.137. The van der Waals surface area contributed by atoms with E-state index in [1.165, 1.54) is 40.7 Å². The van der Waals surface area contributed by atoms with Gasteiger partial charge in [-0.3, -0.25) is 4.79 Å². The second-order valence-electron chi connectivity index (χ2n) is 6.70. The van der Waals surface area contributed by atoms with Gasteiger partial charge in [0.15, 0.2) is 0 Å². The molecule has 0 fully saturated rings. The van der Waals surface area contributed by atoms with Gasteiger partial charge in [-0.25, -0.2) is 4.79 Å². The summed E-state index contributed by atoms with van der Waals surface area (Å²) in [6.45, 7) is 7.19. The lowest BCUT2D eigenvalue weighted by Gasteiger charge is -2.37. The Morgan fingerprint density at radius 2 is 1.60 bits per heavy atom. The number of alkyl halides is 3. The minimum absolute atomic E-state index is 0.0393. The van der Waals surface area contributed by atoms with Gasteiger partial charge in [0.2, 0.25) is 5.91 Å². The number of hydrogen-bond donors (Lipinski definition) is 4. The number of anilines is 2. The standard InChI is InChI=1S/C16H22F3N3O3/c1-9(23)20-10-6-7-12(11(8-10)16(17,18)19)21-13(24)22-14(2,3)15(4,5)25/h6-8,25H,1-5H3,(H,20,23)(H2,21,22,24). The Bertz CT molecular complexity index is 665. The Morgan fingerprint density at radius 1 is 1.04 bits per heavy atom. The third kappa shape index (κ3) is 5.63. The van der Waals surface area contributed by atoms with Crippen molar-refractivity contribution in [1.82, 2.24) is 5.32 Å². The van der Waals surface area contributed by atoms with Crippen LogP contribution in [-0.2, 0) is 11.0 Å². The van der Waals surface area contributed by atoms with Crippen LogP contribution in [0, 0.1) is 0 Å². The number of carbonyl (C=O) groups excluding carboxylic acids is 2. The molecule has 1 aromatic rings. The highest BCUT2D eigenvalue weighted by Crippen LogP contribution is 2.36. The zero-order valence-corrected chi connectivity index (χ0v) is 14.6. The first-order valence-electron chi connectivity index (χ1n) is 7.44. The molecule has 1 rings (SSSR count). The van der Waals surface area contributed by atoms with Crippen molar-refractivity contribution in [1.29, 1.82) is 0 Å². The van der Waals surface area contributed by atoms with Crippen LogP contribution in [0.25, 0.3) is 0 Å². The van der Waals surface area contributed by atoms with E-state index in [1.54, 1.807) is 0 Å². The molecule has 3 amide bonds. The zero-order valence-electron chi connectivity index (χ0n) is 14.6. The van der Waals surface area contributed by atoms with Crippen LogP contribution in [0.2, 0.25) is 0 Å². The summed E-state index contributed by atoms with van der Waals surface area (Å²) < 4.78 is 39.7. The third-order valence-electron chi connectivity index (χ3n) is 3.85. The molecule has 0 aliphatic carbocycles. The van der Waals surface area contributed by atoms with Crippen molar-refractivity contribution in [2.45, 2.75) is 51.9 Å². The van der Waals surface area contributed by atoms with Crippen LogP contribution >= 0.6 is 0 Å². The summed E-state index contributed by atoms with van der Waals surface area (Å²) in [6.07, 6.45) is -4.73. The molecule has 0 aliphatic heterocycles. The Morgan fingerprint density at radius 3 is 2.04 bits per heavy atom. The molecule has 0 spiro atoms. The normalized spacial score (nSPS) is 12.5. The molecule has 0 atom stereocenters. The van der Waals surface area contributed by atoms with Crippen LogP contribution < -0.4 is 16.0 Å². The lowest BCUT2D eigenvalue weighted by Crippen LogP contribution is -2.58.